The number of rotatable bonds is 10. The largest absolute Gasteiger partial charge is 0.466 e. The molecular weight excluding hydrogens is 200 g/mol. The molecule has 0 saturated carbocycles. The van der Waals surface area contributed by atoms with E-state index < -0.39 is 0 Å². The van der Waals surface area contributed by atoms with Crippen LogP contribution in [0.25, 0.3) is 0 Å². The van der Waals surface area contributed by atoms with E-state index in [0.717, 1.165) is 0 Å². The number of unbranched alkanes of at least 4 members (excludes halogenated alkanes) is 4. The maximum atomic E-state index is 10.8. The minimum atomic E-state index is -0.143. The Morgan fingerprint density at radius 1 is 1.00 bits per heavy atom. The van der Waals surface area contributed by atoms with Gasteiger partial charge in [0.1, 0.15) is 0 Å². The van der Waals surface area contributed by atoms with E-state index in [1.54, 1.807) is 0 Å². The molecule has 0 aliphatic heterocycles. The van der Waals surface area contributed by atoms with Gasteiger partial charge in [0, 0.05) is 6.92 Å². The minimum absolute atomic E-state index is 0.143. The zero-order valence-corrected chi connectivity index (χ0v) is 11.3. The molecule has 0 aliphatic carbocycles. The van der Waals surface area contributed by atoms with Gasteiger partial charge in [-0.2, -0.15) is 0 Å². The van der Waals surface area contributed by atoms with Crippen molar-refractivity contribution in [3.05, 3.63) is 0 Å². The zero-order valence-electron chi connectivity index (χ0n) is 11.3. The molecule has 0 amide bonds. The Morgan fingerprint density at radius 2 is 1.62 bits per heavy atom. The Bertz CT molecular complexity index is 166. The Balaban J connectivity index is 3.66. The van der Waals surface area contributed by atoms with Crippen molar-refractivity contribution in [2.75, 3.05) is 6.61 Å². The molecule has 96 valence electrons. The molecule has 0 heterocycles. The van der Waals surface area contributed by atoms with Crippen LogP contribution in [0.4, 0.5) is 0 Å². The molecule has 0 aromatic carbocycles. The van der Waals surface area contributed by atoms with Crippen molar-refractivity contribution in [3.8, 4) is 0 Å². The summed E-state index contributed by atoms with van der Waals surface area (Å²) in [7, 11) is 0. The SMILES string of the molecule is CCCCCCC(CCCC)COC(C)=O. The molecule has 0 aromatic heterocycles. The fourth-order valence-corrected chi connectivity index (χ4v) is 1.90. The maximum absolute atomic E-state index is 10.8. The Labute approximate surface area is 101 Å². The van der Waals surface area contributed by atoms with Crippen LogP contribution in [0.1, 0.15) is 72.1 Å². The molecule has 1 atom stereocenters. The molecule has 1 unspecified atom stereocenters. The lowest BCUT2D eigenvalue weighted by Crippen LogP contribution is -2.12. The van der Waals surface area contributed by atoms with Gasteiger partial charge in [0.2, 0.25) is 0 Å². The summed E-state index contributed by atoms with van der Waals surface area (Å²) >= 11 is 0. The van der Waals surface area contributed by atoms with E-state index in [0.29, 0.717) is 12.5 Å². The first kappa shape index (κ1) is 15.5. The summed E-state index contributed by atoms with van der Waals surface area (Å²) in [5, 5.41) is 0. The highest BCUT2D eigenvalue weighted by atomic mass is 16.5. The minimum Gasteiger partial charge on any atom is -0.466 e. The molecular formula is C14H28O2. The number of esters is 1. The van der Waals surface area contributed by atoms with Gasteiger partial charge < -0.3 is 4.74 Å². The molecule has 0 saturated heterocycles. The highest BCUT2D eigenvalue weighted by molar-refractivity contribution is 5.65. The molecule has 0 rings (SSSR count). The van der Waals surface area contributed by atoms with Crippen molar-refractivity contribution in [2.24, 2.45) is 5.92 Å². The Morgan fingerprint density at radius 3 is 2.19 bits per heavy atom. The molecule has 0 radical (unpaired) electrons. The quantitative estimate of drug-likeness (QED) is 0.411. The van der Waals surface area contributed by atoms with Crippen LogP contribution in [0.5, 0.6) is 0 Å². The van der Waals surface area contributed by atoms with Crippen molar-refractivity contribution >= 4 is 5.97 Å². The first-order chi connectivity index (χ1) is 7.70. The van der Waals surface area contributed by atoms with Crippen LogP contribution in [-0.4, -0.2) is 12.6 Å². The van der Waals surface area contributed by atoms with Gasteiger partial charge in [-0.15, -0.1) is 0 Å². The Hall–Kier alpha value is -0.530. The molecule has 0 fully saturated rings. The molecule has 0 bridgehead atoms. The zero-order chi connectivity index (χ0) is 12.2. The predicted octanol–water partition coefficient (Wildman–Crippen LogP) is 4.33. The standard InChI is InChI=1S/C14H28O2/c1-4-6-8-9-11-14(10-7-5-2)12-16-13(3)15/h14H,4-12H2,1-3H3. The lowest BCUT2D eigenvalue weighted by Gasteiger charge is -2.16. The lowest BCUT2D eigenvalue weighted by atomic mass is 9.96. The van der Waals surface area contributed by atoms with E-state index >= 15 is 0 Å². The fourth-order valence-electron chi connectivity index (χ4n) is 1.90. The summed E-state index contributed by atoms with van der Waals surface area (Å²) in [5.74, 6) is 0.441. The van der Waals surface area contributed by atoms with Crippen molar-refractivity contribution in [2.45, 2.75) is 72.1 Å². The third kappa shape index (κ3) is 10.0. The molecule has 0 N–H and O–H groups in total. The highest BCUT2D eigenvalue weighted by Crippen LogP contribution is 2.17. The van der Waals surface area contributed by atoms with E-state index in [-0.39, 0.29) is 5.97 Å². The molecule has 0 spiro atoms. The summed E-state index contributed by atoms with van der Waals surface area (Å²) in [5.41, 5.74) is 0. The van der Waals surface area contributed by atoms with E-state index in [9.17, 15) is 4.79 Å². The van der Waals surface area contributed by atoms with E-state index in [4.69, 9.17) is 4.74 Å². The second-order valence-corrected chi connectivity index (χ2v) is 4.66. The number of carbonyl (C=O) groups excluding carboxylic acids is 1. The van der Waals surface area contributed by atoms with Gasteiger partial charge in [-0.05, 0) is 18.8 Å². The molecule has 0 aliphatic rings. The average Bonchev–Trinajstić information content (AvgIpc) is 2.26. The summed E-state index contributed by atoms with van der Waals surface area (Å²) < 4.78 is 5.12. The van der Waals surface area contributed by atoms with Gasteiger partial charge in [-0.3, -0.25) is 4.79 Å². The normalized spacial score (nSPS) is 12.4. The molecule has 2 heteroatoms. The lowest BCUT2D eigenvalue weighted by molar-refractivity contribution is -0.142. The monoisotopic (exact) mass is 228 g/mol. The summed E-state index contributed by atoms with van der Waals surface area (Å²) in [6.45, 7) is 6.56. The summed E-state index contributed by atoms with van der Waals surface area (Å²) in [6, 6.07) is 0. The molecule has 16 heavy (non-hydrogen) atoms. The topological polar surface area (TPSA) is 26.3 Å². The maximum Gasteiger partial charge on any atom is 0.302 e. The second-order valence-electron chi connectivity index (χ2n) is 4.66. The van der Waals surface area contributed by atoms with Crippen LogP contribution < -0.4 is 0 Å². The van der Waals surface area contributed by atoms with E-state index in [1.807, 2.05) is 0 Å². The first-order valence-electron chi connectivity index (χ1n) is 6.84. The van der Waals surface area contributed by atoms with Gasteiger partial charge >= 0.3 is 5.97 Å². The summed E-state index contributed by atoms with van der Waals surface area (Å²) in [6.07, 6.45) is 10.1. The van der Waals surface area contributed by atoms with Crippen molar-refractivity contribution in [1.29, 1.82) is 0 Å². The van der Waals surface area contributed by atoms with Gasteiger partial charge in [-0.1, -0.05) is 52.4 Å². The first-order valence-corrected chi connectivity index (χ1v) is 6.84. The predicted molar refractivity (Wildman–Crippen MR) is 68.4 cm³/mol. The van der Waals surface area contributed by atoms with Crippen LogP contribution >= 0.6 is 0 Å². The van der Waals surface area contributed by atoms with Crippen LogP contribution in [0.2, 0.25) is 0 Å². The van der Waals surface area contributed by atoms with Gasteiger partial charge in [0.05, 0.1) is 6.61 Å². The Kier molecular flexibility index (Phi) is 10.6. The second kappa shape index (κ2) is 11.0. The number of carbonyl (C=O) groups is 1. The van der Waals surface area contributed by atoms with Crippen molar-refractivity contribution < 1.29 is 9.53 Å². The molecule has 0 aromatic rings. The fraction of sp³-hybridized carbons (Fsp3) is 0.929. The van der Waals surface area contributed by atoms with Gasteiger partial charge in [0.15, 0.2) is 0 Å². The van der Waals surface area contributed by atoms with E-state index in [1.165, 1.54) is 58.3 Å². The highest BCUT2D eigenvalue weighted by Gasteiger charge is 2.09. The van der Waals surface area contributed by atoms with Gasteiger partial charge in [0.25, 0.3) is 0 Å². The van der Waals surface area contributed by atoms with Gasteiger partial charge in [-0.25, -0.2) is 0 Å². The number of hydrogen-bond acceptors (Lipinski definition) is 2. The van der Waals surface area contributed by atoms with Crippen LogP contribution in [0, 0.1) is 5.92 Å². The smallest absolute Gasteiger partial charge is 0.302 e. The number of hydrogen-bond donors (Lipinski definition) is 0. The van der Waals surface area contributed by atoms with E-state index in [2.05, 4.69) is 13.8 Å². The third-order valence-corrected chi connectivity index (χ3v) is 2.95. The average molecular weight is 228 g/mol. The molecule has 2 nitrogen and oxygen atoms in total. The van der Waals surface area contributed by atoms with Crippen molar-refractivity contribution in [3.63, 3.8) is 0 Å². The summed E-state index contributed by atoms with van der Waals surface area (Å²) in [4.78, 5) is 10.8. The van der Waals surface area contributed by atoms with Crippen LogP contribution in [0.3, 0.4) is 0 Å². The third-order valence-electron chi connectivity index (χ3n) is 2.95. The van der Waals surface area contributed by atoms with Crippen molar-refractivity contribution in [1.82, 2.24) is 0 Å². The van der Waals surface area contributed by atoms with Crippen LogP contribution in [-0.2, 0) is 9.53 Å². The van der Waals surface area contributed by atoms with Crippen LogP contribution in [0.15, 0.2) is 0 Å². The number of ether oxygens (including phenoxy) is 1.